The Morgan fingerprint density at radius 2 is 2.03 bits per heavy atom. The molecule has 1 heterocycles. The molecule has 0 spiro atoms. The number of benzene rings is 1. The molecule has 0 bridgehead atoms. The molecule has 0 aliphatic carbocycles. The van der Waals surface area contributed by atoms with Crippen molar-refractivity contribution < 1.29 is 18.4 Å². The zero-order valence-corrected chi connectivity index (χ0v) is 18.6. The highest BCUT2D eigenvalue weighted by atomic mass is 32.1. The first kappa shape index (κ1) is 22.6. The minimum absolute atomic E-state index is 0.0870. The molecule has 0 fully saturated rings. The van der Waals surface area contributed by atoms with E-state index in [0.717, 1.165) is 10.4 Å². The van der Waals surface area contributed by atoms with Crippen molar-refractivity contribution in [3.63, 3.8) is 0 Å². The fourth-order valence-corrected chi connectivity index (χ4v) is 4.83. The lowest BCUT2D eigenvalue weighted by molar-refractivity contribution is 0.102. The number of carbonyl (C=O) groups excluding carboxylic acids is 1. The average molecular weight is 453 g/mol. The van der Waals surface area contributed by atoms with E-state index in [2.05, 4.69) is 17.4 Å². The van der Waals surface area contributed by atoms with Crippen LogP contribution in [0.3, 0.4) is 0 Å². The third-order valence-corrected chi connectivity index (χ3v) is 7.61. The summed E-state index contributed by atoms with van der Waals surface area (Å²) in [5.74, 6) is -0.394. The average Bonchev–Trinajstić information content (AvgIpc) is 3.33. The van der Waals surface area contributed by atoms with E-state index in [1.165, 1.54) is 14.2 Å². The van der Waals surface area contributed by atoms with Crippen molar-refractivity contribution in [1.82, 2.24) is 0 Å². The number of hydrogen-bond donors (Lipinski definition) is 2. The van der Waals surface area contributed by atoms with Gasteiger partial charge in [-0.1, -0.05) is 24.3 Å². The Balaban J connectivity index is 1.73. The van der Waals surface area contributed by atoms with Crippen LogP contribution < -0.4 is 11.1 Å². The topological polar surface area (TPSA) is 114 Å². The van der Waals surface area contributed by atoms with Crippen LogP contribution in [0.15, 0.2) is 47.8 Å². The summed E-state index contributed by atoms with van der Waals surface area (Å²) >= 11 is 1.59. The molecule has 0 radical (unpaired) electrons. The van der Waals surface area contributed by atoms with E-state index in [4.69, 9.17) is 14.8 Å². The van der Waals surface area contributed by atoms with Crippen LogP contribution in [0, 0.1) is 23.5 Å². The van der Waals surface area contributed by atoms with E-state index >= 15 is 0 Å². The second kappa shape index (κ2) is 9.78. The van der Waals surface area contributed by atoms with Gasteiger partial charge in [0.05, 0.1) is 23.0 Å². The molecule has 31 heavy (non-hydrogen) atoms. The van der Waals surface area contributed by atoms with Crippen LogP contribution in [0.2, 0.25) is 0 Å². The number of nitrogens with two attached hydrogens (primary N) is 1. The first-order valence-electron chi connectivity index (χ1n) is 9.18. The van der Waals surface area contributed by atoms with Gasteiger partial charge >= 0.3 is 7.60 Å². The van der Waals surface area contributed by atoms with E-state index < -0.39 is 19.2 Å². The normalized spacial score (nSPS) is 11.9. The molecule has 1 aromatic heterocycles. The predicted molar refractivity (Wildman–Crippen MR) is 121 cm³/mol. The molecule has 1 unspecified atom stereocenters. The van der Waals surface area contributed by atoms with Crippen molar-refractivity contribution in [1.29, 1.82) is 5.26 Å². The number of anilines is 2. The summed E-state index contributed by atoms with van der Waals surface area (Å²) in [5.41, 5.74) is 7.73. The third kappa shape index (κ3) is 5.14. The summed E-state index contributed by atoms with van der Waals surface area (Å²) in [6.07, 6.45) is 0.0870. The van der Waals surface area contributed by atoms with Gasteiger partial charge in [0.15, 0.2) is 5.66 Å². The standard InChI is InChI=1S/C22H20N3O4PS/c1-28-30(27,29-2)18(14-23)12-15-5-7-16(8-6-15)22(26)25-20-13-17(9-10-19(20)24)21-4-3-11-31-21/h3-5,7,9-11,13,18H,12,24H2,1-2H3,(H,25,26). The molecule has 2 aromatic carbocycles. The second-order valence-electron chi connectivity index (χ2n) is 6.51. The third-order valence-electron chi connectivity index (χ3n) is 4.61. The van der Waals surface area contributed by atoms with E-state index in [1.54, 1.807) is 29.5 Å². The number of nitrogens with zero attached hydrogens (tertiary/aromatic N) is 1. The van der Waals surface area contributed by atoms with E-state index in [-0.39, 0.29) is 12.0 Å². The van der Waals surface area contributed by atoms with Crippen LogP contribution in [-0.4, -0.2) is 25.8 Å². The number of nitrogen functional groups attached to an aromatic ring is 1. The maximum Gasteiger partial charge on any atom is 0.347 e. The lowest BCUT2D eigenvalue weighted by atomic mass is 10.1. The summed E-state index contributed by atoms with van der Waals surface area (Å²) in [5, 5.41) is 14.1. The Kier molecular flexibility index (Phi) is 7.12. The monoisotopic (exact) mass is 453 g/mol. The van der Waals surface area contributed by atoms with Gasteiger partial charge in [0.2, 0.25) is 0 Å². The summed E-state index contributed by atoms with van der Waals surface area (Å²) in [6.45, 7) is 0. The molecule has 1 atom stereocenters. The molecule has 9 heteroatoms. The van der Waals surface area contributed by atoms with Crippen molar-refractivity contribution in [2.75, 3.05) is 25.3 Å². The molecule has 0 saturated carbocycles. The fraction of sp³-hybridized carbons (Fsp3) is 0.182. The Hall–Kier alpha value is -3.13. The Morgan fingerprint density at radius 3 is 2.61 bits per heavy atom. The van der Waals surface area contributed by atoms with Crippen LogP contribution in [0.5, 0.6) is 0 Å². The number of nitrogens with one attached hydrogen (secondary N) is 1. The van der Waals surface area contributed by atoms with Crippen molar-refractivity contribution in [2.45, 2.75) is 12.1 Å². The van der Waals surface area contributed by atoms with E-state index in [0.29, 0.717) is 16.9 Å². The Labute approximate surface area is 185 Å². The molecule has 158 valence electrons. The van der Waals surface area contributed by atoms with Gasteiger partial charge in [-0.25, -0.2) is 0 Å². The molecule has 7 nitrogen and oxygen atoms in total. The fourth-order valence-electron chi connectivity index (χ4n) is 2.88. The quantitative estimate of drug-likeness (QED) is 0.375. The maximum absolute atomic E-state index is 12.7. The maximum atomic E-state index is 12.7. The minimum atomic E-state index is -3.55. The molecule has 1 amide bonds. The van der Waals surface area contributed by atoms with Crippen LogP contribution in [0.1, 0.15) is 15.9 Å². The molecule has 0 aliphatic heterocycles. The molecule has 0 saturated heterocycles. The van der Waals surface area contributed by atoms with Gasteiger partial charge in [0.25, 0.3) is 5.91 Å². The highest BCUT2D eigenvalue weighted by Crippen LogP contribution is 2.52. The van der Waals surface area contributed by atoms with Crippen molar-refractivity contribution in [2.24, 2.45) is 0 Å². The van der Waals surface area contributed by atoms with Crippen LogP contribution in [0.25, 0.3) is 10.4 Å². The van der Waals surface area contributed by atoms with Crippen LogP contribution in [-0.2, 0) is 20.0 Å². The Bertz CT molecular complexity index is 1130. The SMILES string of the molecule is COP(=O)(OC)C(C#N)Cc1c#cc(C(=O)Nc2cc(-c3cccs3)ccc2N)cc1. The zero-order valence-electron chi connectivity index (χ0n) is 16.9. The Morgan fingerprint density at radius 1 is 1.26 bits per heavy atom. The first-order chi connectivity index (χ1) is 14.9. The number of nitriles is 1. The van der Waals surface area contributed by atoms with Gasteiger partial charge in [-0.3, -0.25) is 9.36 Å². The number of hydrogen-bond acceptors (Lipinski definition) is 7. The van der Waals surface area contributed by atoms with Crippen LogP contribution in [0.4, 0.5) is 11.4 Å². The van der Waals surface area contributed by atoms with Gasteiger partial charge in [0.1, 0.15) is 0 Å². The summed E-state index contributed by atoms with van der Waals surface area (Å²) in [6, 6.07) is 20.2. The molecular weight excluding hydrogens is 433 g/mol. The lowest BCUT2D eigenvalue weighted by Crippen LogP contribution is -2.14. The van der Waals surface area contributed by atoms with Gasteiger partial charge in [-0.2, -0.15) is 5.26 Å². The number of amides is 1. The van der Waals surface area contributed by atoms with E-state index in [9.17, 15) is 14.6 Å². The summed E-state index contributed by atoms with van der Waals surface area (Å²) < 4.78 is 22.2. The molecule has 3 N–H and O–H groups in total. The highest BCUT2D eigenvalue weighted by molar-refractivity contribution is 7.54. The highest BCUT2D eigenvalue weighted by Gasteiger charge is 2.34. The summed E-state index contributed by atoms with van der Waals surface area (Å²) in [4.78, 5) is 13.7. The predicted octanol–water partition coefficient (Wildman–Crippen LogP) is 4.77. The molecule has 0 aliphatic rings. The largest absolute Gasteiger partial charge is 0.397 e. The van der Waals surface area contributed by atoms with Crippen molar-refractivity contribution in [3.8, 4) is 16.5 Å². The zero-order chi connectivity index (χ0) is 22.4. The lowest BCUT2D eigenvalue weighted by Gasteiger charge is -2.18. The van der Waals surface area contributed by atoms with Gasteiger partial charge in [-0.05, 0) is 41.3 Å². The van der Waals surface area contributed by atoms with Crippen molar-refractivity contribution in [3.05, 3.63) is 71.1 Å². The second-order valence-corrected chi connectivity index (χ2v) is 9.89. The number of thiophene rings is 1. The van der Waals surface area contributed by atoms with Crippen molar-refractivity contribution >= 4 is 36.2 Å². The summed E-state index contributed by atoms with van der Waals surface area (Å²) in [7, 11) is -1.09. The van der Waals surface area contributed by atoms with Gasteiger partial charge < -0.3 is 20.1 Å². The smallest absolute Gasteiger partial charge is 0.347 e. The molecule has 3 aromatic rings. The van der Waals surface area contributed by atoms with Gasteiger partial charge in [0, 0.05) is 31.1 Å². The molecule has 3 rings (SSSR count). The first-order valence-corrected chi connectivity index (χ1v) is 11.7. The van der Waals surface area contributed by atoms with Crippen LogP contribution >= 0.6 is 18.9 Å². The number of carbonyl (C=O) groups is 1. The van der Waals surface area contributed by atoms with Gasteiger partial charge in [-0.15, -0.1) is 11.3 Å². The van der Waals surface area contributed by atoms with E-state index in [1.807, 2.05) is 35.7 Å². The molecular formula is C22H20N3O4PS. The number of rotatable bonds is 8. The minimum Gasteiger partial charge on any atom is -0.397 e.